The van der Waals surface area contributed by atoms with E-state index in [0.29, 0.717) is 35.4 Å². The molecule has 0 saturated carbocycles. The number of anilines is 2. The lowest BCUT2D eigenvalue weighted by Gasteiger charge is -2.45. The molecular weight excluding hydrogens is 439 g/mol. The molecule has 1 atom stereocenters. The summed E-state index contributed by atoms with van der Waals surface area (Å²) in [5.41, 5.74) is -0.585. The minimum atomic E-state index is -3.72. The number of fused-ring (bicyclic) bond motifs is 1. The first-order chi connectivity index (χ1) is 15.4. The van der Waals surface area contributed by atoms with Crippen molar-refractivity contribution in [1.82, 2.24) is 15.2 Å². The summed E-state index contributed by atoms with van der Waals surface area (Å²) >= 11 is 0. The van der Waals surface area contributed by atoms with E-state index in [1.165, 1.54) is 12.1 Å². The second-order valence-electron chi connectivity index (χ2n) is 8.65. The molecule has 4 N–H and O–H groups in total. The molecule has 0 unspecified atom stereocenters. The number of hydrogen-bond donors (Lipinski definition) is 4. The number of alkyl halides is 2. The quantitative estimate of drug-likeness (QED) is 0.441. The average Bonchev–Trinajstić information content (AvgIpc) is 2.73. The van der Waals surface area contributed by atoms with Gasteiger partial charge in [0, 0.05) is 24.0 Å². The van der Waals surface area contributed by atoms with Gasteiger partial charge in [-0.15, -0.1) is 5.10 Å². The molecule has 4 rings (SSSR count). The molecule has 2 aromatic heterocycles. The van der Waals surface area contributed by atoms with Gasteiger partial charge < -0.3 is 25.5 Å². The van der Waals surface area contributed by atoms with E-state index in [0.717, 1.165) is 6.07 Å². The summed E-state index contributed by atoms with van der Waals surface area (Å²) in [4.78, 5) is 5.99. The fourth-order valence-electron chi connectivity index (χ4n) is 4.00. The lowest BCUT2D eigenvalue weighted by molar-refractivity contribution is -0.0583. The van der Waals surface area contributed by atoms with E-state index in [2.05, 4.69) is 20.5 Å². The van der Waals surface area contributed by atoms with E-state index in [1.54, 1.807) is 31.7 Å². The van der Waals surface area contributed by atoms with Gasteiger partial charge in [0.15, 0.2) is 5.82 Å². The van der Waals surface area contributed by atoms with E-state index < -0.39 is 35.6 Å². The Morgan fingerprint density at radius 3 is 2.61 bits per heavy atom. The molecule has 0 amide bonds. The van der Waals surface area contributed by atoms with E-state index in [9.17, 15) is 23.4 Å². The van der Waals surface area contributed by atoms with Crippen LogP contribution in [0.4, 0.5) is 24.7 Å². The maximum Gasteiger partial charge on any atom is 0.298 e. The minimum Gasteiger partial charge on any atom is -0.492 e. The third-order valence-corrected chi connectivity index (χ3v) is 5.73. The number of aliphatic hydroxyl groups is 2. The summed E-state index contributed by atoms with van der Waals surface area (Å²) in [5.74, 6) is -4.84. The summed E-state index contributed by atoms with van der Waals surface area (Å²) in [5, 5.41) is 41.0. The number of pyridine rings is 1. The molecule has 1 fully saturated rings. The maximum atomic E-state index is 14.9. The molecule has 33 heavy (non-hydrogen) atoms. The monoisotopic (exact) mass is 463 g/mol. The molecule has 0 spiro atoms. The number of halogens is 3. The van der Waals surface area contributed by atoms with Gasteiger partial charge in [-0.3, -0.25) is 0 Å². The third kappa shape index (κ3) is 4.13. The van der Waals surface area contributed by atoms with Crippen LogP contribution >= 0.6 is 0 Å². The van der Waals surface area contributed by atoms with Gasteiger partial charge in [0.1, 0.15) is 23.6 Å². The Morgan fingerprint density at radius 2 is 1.97 bits per heavy atom. The van der Waals surface area contributed by atoms with Crippen LogP contribution in [-0.2, 0) is 5.92 Å². The molecule has 11 heteroatoms. The normalized spacial score (nSPS) is 16.5. The number of aromatic hydroxyl groups is 1. The van der Waals surface area contributed by atoms with Crippen LogP contribution in [0.5, 0.6) is 5.88 Å². The zero-order chi connectivity index (χ0) is 24.1. The Morgan fingerprint density at radius 1 is 1.27 bits per heavy atom. The van der Waals surface area contributed by atoms with Crippen LogP contribution in [0.15, 0.2) is 24.3 Å². The molecule has 1 saturated heterocycles. The Hall–Kier alpha value is -3.18. The van der Waals surface area contributed by atoms with Crippen molar-refractivity contribution in [1.29, 1.82) is 0 Å². The zero-order valence-corrected chi connectivity index (χ0v) is 18.3. The molecule has 1 aromatic carbocycles. The van der Waals surface area contributed by atoms with Crippen molar-refractivity contribution in [2.24, 2.45) is 0 Å². The Kier molecular flexibility index (Phi) is 5.57. The number of aryl methyl sites for hydroxylation is 1. The van der Waals surface area contributed by atoms with Crippen molar-refractivity contribution in [3.8, 4) is 5.88 Å². The van der Waals surface area contributed by atoms with Gasteiger partial charge >= 0.3 is 0 Å². The van der Waals surface area contributed by atoms with Gasteiger partial charge in [-0.25, -0.2) is 9.37 Å². The lowest BCUT2D eigenvalue weighted by Crippen LogP contribution is -2.60. The molecule has 3 heterocycles. The Bertz CT molecular complexity index is 1210. The second kappa shape index (κ2) is 7.99. The largest absolute Gasteiger partial charge is 0.492 e. The van der Waals surface area contributed by atoms with Crippen LogP contribution in [0, 0.1) is 12.7 Å². The standard InChI is InChI=1S/C22H24F3N5O3/c1-11(13-5-4-6-15(17(13)23)22(24,25)10-31)26-19-14-7-16(30-8-21(3,33)9-30)20(32)27-18(14)12(2)28-29-19/h4-7,11,31,33H,8-10H2,1-3H3,(H,26,29)(H,27,32)/t11-/m1/s1. The van der Waals surface area contributed by atoms with Crippen LogP contribution in [0.3, 0.4) is 0 Å². The Labute approximate surface area is 187 Å². The van der Waals surface area contributed by atoms with Gasteiger partial charge in [0.05, 0.1) is 22.9 Å². The number of β-amino-alcohol motifs (C(OH)–C–C–N with tert-alkyl or cyclic N) is 1. The highest BCUT2D eigenvalue weighted by Crippen LogP contribution is 2.38. The first-order valence-electron chi connectivity index (χ1n) is 10.3. The molecule has 3 aromatic rings. The highest BCUT2D eigenvalue weighted by molar-refractivity contribution is 5.93. The Balaban J connectivity index is 1.72. The molecule has 0 aliphatic carbocycles. The van der Waals surface area contributed by atoms with Gasteiger partial charge in [0.25, 0.3) is 5.92 Å². The summed E-state index contributed by atoms with van der Waals surface area (Å²) in [7, 11) is 0. The highest BCUT2D eigenvalue weighted by Gasteiger charge is 2.38. The minimum absolute atomic E-state index is 0.0399. The fourth-order valence-corrected chi connectivity index (χ4v) is 4.00. The first-order valence-corrected chi connectivity index (χ1v) is 10.3. The van der Waals surface area contributed by atoms with Crippen molar-refractivity contribution in [2.75, 3.05) is 29.9 Å². The number of benzene rings is 1. The molecule has 176 valence electrons. The van der Waals surface area contributed by atoms with Gasteiger partial charge in [-0.1, -0.05) is 12.1 Å². The number of rotatable bonds is 6. The van der Waals surface area contributed by atoms with Gasteiger partial charge in [0.2, 0.25) is 5.88 Å². The van der Waals surface area contributed by atoms with Crippen molar-refractivity contribution in [2.45, 2.75) is 38.3 Å². The molecule has 8 nitrogen and oxygen atoms in total. The molecular formula is C22H24F3N5O3. The SMILES string of the molecule is Cc1nnc(N[C@H](C)c2cccc(C(F)(F)CO)c2F)c2cc(N3CC(C)(O)C3)c(O)nc12. The van der Waals surface area contributed by atoms with Crippen molar-refractivity contribution < 1.29 is 28.5 Å². The topological polar surface area (TPSA) is 115 Å². The number of hydrogen-bond acceptors (Lipinski definition) is 8. The zero-order valence-electron chi connectivity index (χ0n) is 18.3. The van der Waals surface area contributed by atoms with E-state index in [4.69, 9.17) is 5.11 Å². The number of aromatic nitrogens is 3. The molecule has 0 radical (unpaired) electrons. The van der Waals surface area contributed by atoms with Crippen molar-refractivity contribution in [3.05, 3.63) is 46.9 Å². The molecule has 1 aliphatic rings. The molecule has 0 bridgehead atoms. The lowest BCUT2D eigenvalue weighted by atomic mass is 9.96. The predicted molar refractivity (Wildman–Crippen MR) is 116 cm³/mol. The van der Waals surface area contributed by atoms with E-state index in [-0.39, 0.29) is 17.3 Å². The van der Waals surface area contributed by atoms with Crippen molar-refractivity contribution in [3.63, 3.8) is 0 Å². The van der Waals surface area contributed by atoms with Crippen LogP contribution < -0.4 is 10.2 Å². The van der Waals surface area contributed by atoms with E-state index in [1.807, 2.05) is 0 Å². The van der Waals surface area contributed by atoms with E-state index >= 15 is 0 Å². The smallest absolute Gasteiger partial charge is 0.298 e. The third-order valence-electron chi connectivity index (χ3n) is 5.73. The van der Waals surface area contributed by atoms with Crippen LogP contribution in [0.25, 0.3) is 10.9 Å². The number of aliphatic hydroxyl groups excluding tert-OH is 1. The second-order valence-corrected chi connectivity index (χ2v) is 8.65. The average molecular weight is 463 g/mol. The van der Waals surface area contributed by atoms with Crippen LogP contribution in [-0.4, -0.2) is 55.8 Å². The molecule has 1 aliphatic heterocycles. The summed E-state index contributed by atoms with van der Waals surface area (Å²) in [6.07, 6.45) is 0. The fraction of sp³-hybridized carbons (Fsp3) is 0.409. The predicted octanol–water partition coefficient (Wildman–Crippen LogP) is 3.01. The number of nitrogens with one attached hydrogen (secondary N) is 1. The first kappa shape index (κ1) is 23.0. The van der Waals surface area contributed by atoms with Gasteiger partial charge in [-0.05, 0) is 32.9 Å². The summed E-state index contributed by atoms with van der Waals surface area (Å²) in [6.45, 7) is 4.03. The van der Waals surface area contributed by atoms with Crippen LogP contribution in [0.2, 0.25) is 0 Å². The summed E-state index contributed by atoms with van der Waals surface area (Å²) < 4.78 is 42.8. The van der Waals surface area contributed by atoms with Crippen LogP contribution in [0.1, 0.15) is 36.7 Å². The number of nitrogens with zero attached hydrogens (tertiary/aromatic N) is 4. The van der Waals surface area contributed by atoms with Gasteiger partial charge in [-0.2, -0.15) is 13.9 Å². The summed E-state index contributed by atoms with van der Waals surface area (Å²) in [6, 6.07) is 4.45. The maximum absolute atomic E-state index is 14.9. The van der Waals surface area contributed by atoms with Crippen molar-refractivity contribution >= 4 is 22.4 Å². The highest BCUT2D eigenvalue weighted by atomic mass is 19.3.